The summed E-state index contributed by atoms with van der Waals surface area (Å²) in [7, 11) is 0. The van der Waals surface area contributed by atoms with Crippen LogP contribution in [0.5, 0.6) is 0 Å². The number of esters is 1. The van der Waals surface area contributed by atoms with Crippen molar-refractivity contribution in [2.24, 2.45) is 0 Å². The highest BCUT2D eigenvalue weighted by atomic mass is 16.5. The molecule has 0 aliphatic carbocycles. The highest BCUT2D eigenvalue weighted by Gasteiger charge is 2.37. The molecule has 1 unspecified atom stereocenters. The predicted octanol–water partition coefficient (Wildman–Crippen LogP) is 3.96. The van der Waals surface area contributed by atoms with E-state index < -0.39 is 0 Å². The monoisotopic (exact) mass is 309 g/mol. The summed E-state index contributed by atoms with van der Waals surface area (Å²) in [5.74, 6) is -0.0880. The first-order valence-electron chi connectivity index (χ1n) is 8.31. The van der Waals surface area contributed by atoms with Gasteiger partial charge in [0.05, 0.1) is 6.04 Å². The zero-order valence-electron chi connectivity index (χ0n) is 13.5. The Bertz CT molecular complexity index is 627. The van der Waals surface area contributed by atoms with Crippen molar-refractivity contribution in [2.45, 2.75) is 38.4 Å². The normalized spacial score (nSPS) is 21.9. The van der Waals surface area contributed by atoms with E-state index in [1.807, 2.05) is 36.4 Å². The number of hydrogen-bond donors (Lipinski definition) is 0. The molecule has 0 N–H and O–H groups in total. The SMILES string of the molecule is CCCC1C(=O)OC[C@@H](c2ccccc2)N1Cc1ccccc1. The van der Waals surface area contributed by atoms with E-state index in [9.17, 15) is 4.79 Å². The van der Waals surface area contributed by atoms with Gasteiger partial charge in [0, 0.05) is 6.54 Å². The van der Waals surface area contributed by atoms with Crippen molar-refractivity contribution in [2.75, 3.05) is 6.61 Å². The Hall–Kier alpha value is -2.13. The smallest absolute Gasteiger partial charge is 0.323 e. The number of cyclic esters (lactones) is 1. The fourth-order valence-electron chi connectivity index (χ4n) is 3.24. The average molecular weight is 309 g/mol. The summed E-state index contributed by atoms with van der Waals surface area (Å²) in [5.41, 5.74) is 2.43. The molecule has 3 nitrogen and oxygen atoms in total. The van der Waals surface area contributed by atoms with Gasteiger partial charge in [-0.15, -0.1) is 0 Å². The Morgan fingerprint density at radius 3 is 2.35 bits per heavy atom. The molecule has 0 amide bonds. The molecule has 3 rings (SSSR count). The van der Waals surface area contributed by atoms with Crippen molar-refractivity contribution in [1.29, 1.82) is 0 Å². The van der Waals surface area contributed by atoms with Crippen molar-refractivity contribution in [3.05, 3.63) is 71.8 Å². The second kappa shape index (κ2) is 7.42. The number of nitrogens with zero attached hydrogens (tertiary/aromatic N) is 1. The van der Waals surface area contributed by atoms with Gasteiger partial charge in [-0.1, -0.05) is 74.0 Å². The summed E-state index contributed by atoms with van der Waals surface area (Å²) in [6.45, 7) is 3.30. The summed E-state index contributed by atoms with van der Waals surface area (Å²) in [4.78, 5) is 14.6. The summed E-state index contributed by atoms with van der Waals surface area (Å²) in [5, 5.41) is 0. The topological polar surface area (TPSA) is 29.5 Å². The number of rotatable bonds is 5. The molecule has 0 bridgehead atoms. The third-order valence-electron chi connectivity index (χ3n) is 4.41. The van der Waals surface area contributed by atoms with Crippen LogP contribution in [0.15, 0.2) is 60.7 Å². The molecule has 0 radical (unpaired) electrons. The molecule has 0 aromatic heterocycles. The summed E-state index contributed by atoms with van der Waals surface area (Å²) in [6, 6.07) is 20.6. The summed E-state index contributed by atoms with van der Waals surface area (Å²) < 4.78 is 5.50. The van der Waals surface area contributed by atoms with E-state index in [0.29, 0.717) is 6.61 Å². The standard InChI is InChI=1S/C20H23NO2/c1-2-9-18-20(22)23-15-19(17-12-7-4-8-13-17)21(18)14-16-10-5-3-6-11-16/h3-8,10-13,18-19H,2,9,14-15H2,1H3/t18?,19-/m0/s1. The Balaban J connectivity index is 1.91. The molecule has 2 atom stereocenters. The fraction of sp³-hybridized carbons (Fsp3) is 0.350. The van der Waals surface area contributed by atoms with Crippen LogP contribution in [0.3, 0.4) is 0 Å². The zero-order valence-corrected chi connectivity index (χ0v) is 13.5. The Morgan fingerprint density at radius 1 is 1.04 bits per heavy atom. The van der Waals surface area contributed by atoms with E-state index in [4.69, 9.17) is 4.74 Å². The van der Waals surface area contributed by atoms with E-state index in [-0.39, 0.29) is 18.1 Å². The minimum Gasteiger partial charge on any atom is -0.462 e. The largest absolute Gasteiger partial charge is 0.462 e. The summed E-state index contributed by atoms with van der Waals surface area (Å²) >= 11 is 0. The lowest BCUT2D eigenvalue weighted by molar-refractivity contribution is -0.164. The second-order valence-corrected chi connectivity index (χ2v) is 6.02. The lowest BCUT2D eigenvalue weighted by atomic mass is 9.98. The molecular weight excluding hydrogens is 286 g/mol. The second-order valence-electron chi connectivity index (χ2n) is 6.02. The lowest BCUT2D eigenvalue weighted by Crippen LogP contribution is -2.50. The molecule has 1 heterocycles. The highest BCUT2D eigenvalue weighted by Crippen LogP contribution is 2.31. The van der Waals surface area contributed by atoms with Crippen molar-refractivity contribution in [3.63, 3.8) is 0 Å². The van der Waals surface area contributed by atoms with Crippen molar-refractivity contribution in [1.82, 2.24) is 4.90 Å². The Kier molecular flexibility index (Phi) is 5.09. The van der Waals surface area contributed by atoms with Crippen LogP contribution in [-0.4, -0.2) is 23.5 Å². The first kappa shape index (κ1) is 15.8. The molecule has 2 aromatic carbocycles. The third kappa shape index (κ3) is 3.62. The maximum absolute atomic E-state index is 12.3. The quantitative estimate of drug-likeness (QED) is 0.783. The van der Waals surface area contributed by atoms with Crippen LogP contribution in [0.25, 0.3) is 0 Å². The molecule has 1 fully saturated rings. The van der Waals surface area contributed by atoms with Gasteiger partial charge >= 0.3 is 5.97 Å². The van der Waals surface area contributed by atoms with Crippen molar-refractivity contribution in [3.8, 4) is 0 Å². The molecule has 0 spiro atoms. The molecular formula is C20H23NO2. The minimum atomic E-state index is -0.167. The van der Waals surface area contributed by atoms with Gasteiger partial charge in [0.25, 0.3) is 0 Å². The molecule has 3 heteroatoms. The van der Waals surface area contributed by atoms with E-state index in [1.54, 1.807) is 0 Å². The van der Waals surface area contributed by atoms with Crippen LogP contribution in [0.1, 0.15) is 36.9 Å². The van der Waals surface area contributed by atoms with Gasteiger partial charge in [0.2, 0.25) is 0 Å². The third-order valence-corrected chi connectivity index (χ3v) is 4.41. The number of ether oxygens (including phenoxy) is 1. The van der Waals surface area contributed by atoms with E-state index in [2.05, 4.69) is 36.1 Å². The number of carbonyl (C=O) groups is 1. The van der Waals surface area contributed by atoms with Crippen LogP contribution in [0.2, 0.25) is 0 Å². The first-order valence-corrected chi connectivity index (χ1v) is 8.31. The average Bonchev–Trinajstić information content (AvgIpc) is 2.60. The van der Waals surface area contributed by atoms with Crippen LogP contribution >= 0.6 is 0 Å². The number of carbonyl (C=O) groups excluding carboxylic acids is 1. The van der Waals surface area contributed by atoms with Crippen LogP contribution in [0, 0.1) is 0 Å². The summed E-state index contributed by atoms with van der Waals surface area (Å²) in [6.07, 6.45) is 1.79. The van der Waals surface area contributed by atoms with E-state index in [1.165, 1.54) is 11.1 Å². The number of morpholine rings is 1. The van der Waals surface area contributed by atoms with Crippen LogP contribution in [0.4, 0.5) is 0 Å². The predicted molar refractivity (Wildman–Crippen MR) is 90.8 cm³/mol. The van der Waals surface area contributed by atoms with Crippen LogP contribution < -0.4 is 0 Å². The first-order chi connectivity index (χ1) is 11.3. The molecule has 120 valence electrons. The van der Waals surface area contributed by atoms with Crippen molar-refractivity contribution >= 4 is 5.97 Å². The lowest BCUT2D eigenvalue weighted by Gasteiger charge is -2.41. The van der Waals surface area contributed by atoms with Gasteiger partial charge < -0.3 is 4.74 Å². The van der Waals surface area contributed by atoms with Gasteiger partial charge in [-0.3, -0.25) is 9.69 Å². The minimum absolute atomic E-state index is 0.0880. The maximum atomic E-state index is 12.3. The van der Waals surface area contributed by atoms with Gasteiger partial charge in [0.1, 0.15) is 12.6 Å². The van der Waals surface area contributed by atoms with Gasteiger partial charge in [-0.2, -0.15) is 0 Å². The fourth-order valence-corrected chi connectivity index (χ4v) is 3.24. The molecule has 2 aromatic rings. The van der Waals surface area contributed by atoms with Crippen LogP contribution in [-0.2, 0) is 16.1 Å². The van der Waals surface area contributed by atoms with Crippen molar-refractivity contribution < 1.29 is 9.53 Å². The van der Waals surface area contributed by atoms with E-state index in [0.717, 1.165) is 19.4 Å². The molecule has 23 heavy (non-hydrogen) atoms. The number of benzene rings is 2. The Labute approximate surface area is 137 Å². The van der Waals surface area contributed by atoms with Gasteiger partial charge in [-0.25, -0.2) is 0 Å². The maximum Gasteiger partial charge on any atom is 0.323 e. The van der Waals surface area contributed by atoms with Gasteiger partial charge in [0.15, 0.2) is 0 Å². The zero-order chi connectivity index (χ0) is 16.1. The number of hydrogen-bond acceptors (Lipinski definition) is 3. The molecule has 1 aliphatic rings. The Morgan fingerprint density at radius 2 is 1.70 bits per heavy atom. The molecule has 1 aliphatic heterocycles. The van der Waals surface area contributed by atoms with E-state index >= 15 is 0 Å². The van der Waals surface area contributed by atoms with Gasteiger partial charge in [-0.05, 0) is 17.5 Å². The molecule has 1 saturated heterocycles. The highest BCUT2D eigenvalue weighted by molar-refractivity contribution is 5.76. The molecule has 0 saturated carbocycles.